The van der Waals surface area contributed by atoms with E-state index in [1.54, 1.807) is 0 Å². The second-order valence-electron chi connectivity index (χ2n) is 10.8. The van der Waals surface area contributed by atoms with Crippen molar-refractivity contribution < 1.29 is 23.5 Å². The van der Waals surface area contributed by atoms with E-state index >= 15 is 0 Å². The molecule has 32 heavy (non-hydrogen) atoms. The van der Waals surface area contributed by atoms with Gasteiger partial charge in [-0.05, 0) is 58.3 Å². The lowest BCUT2D eigenvalue weighted by Crippen LogP contribution is -2.58. The first-order valence-corrected chi connectivity index (χ1v) is 14.1. The molecule has 0 saturated heterocycles. The topological polar surface area (TPSA) is 85.9 Å². The molecule has 0 saturated carbocycles. The summed E-state index contributed by atoms with van der Waals surface area (Å²) in [6, 6.07) is 8.69. The van der Waals surface area contributed by atoms with Gasteiger partial charge in [-0.15, -0.1) is 0 Å². The Morgan fingerprint density at radius 2 is 1.41 bits per heavy atom. The molecule has 0 bridgehead atoms. The first kappa shape index (κ1) is 28.0. The lowest BCUT2D eigenvalue weighted by atomic mass is 10.1. The van der Waals surface area contributed by atoms with E-state index in [9.17, 15) is 9.59 Å². The Hall–Kier alpha value is -2.06. The van der Waals surface area contributed by atoms with Crippen molar-refractivity contribution in [2.24, 2.45) is 0 Å². The van der Waals surface area contributed by atoms with Crippen molar-refractivity contribution in [3.63, 3.8) is 0 Å². The number of benzene rings is 1. The molecule has 7 nitrogen and oxygen atoms in total. The van der Waals surface area contributed by atoms with E-state index in [0.29, 0.717) is 0 Å². The van der Waals surface area contributed by atoms with Crippen LogP contribution in [0.1, 0.15) is 61.0 Å². The Balaban J connectivity index is 2.90. The highest BCUT2D eigenvalue weighted by Crippen LogP contribution is 2.38. The van der Waals surface area contributed by atoms with Crippen molar-refractivity contribution in [2.45, 2.75) is 104 Å². The largest absolute Gasteiger partial charge is 0.445 e. The van der Waals surface area contributed by atoms with Crippen LogP contribution in [0.15, 0.2) is 30.3 Å². The van der Waals surface area contributed by atoms with Gasteiger partial charge in [0.15, 0.2) is 8.32 Å². The predicted molar refractivity (Wildman–Crippen MR) is 130 cm³/mol. The molecule has 0 fully saturated rings. The number of ether oxygens (including phenoxy) is 2. The molecule has 182 valence electrons. The third-order valence-electron chi connectivity index (χ3n) is 5.53. The number of carbonyl (C=O) groups is 2. The molecular formula is C24H42N2O5Si. The van der Waals surface area contributed by atoms with Gasteiger partial charge in [-0.2, -0.15) is 0 Å². The lowest BCUT2D eigenvalue weighted by molar-refractivity contribution is 0.0414. The van der Waals surface area contributed by atoms with E-state index in [-0.39, 0.29) is 11.6 Å². The SMILES string of the molecule is C[C@@H](NC(=O)OCc1ccccc1)[C@H](O[Si](C)(C)C(C)(C)C)[C@@H](C)NC(=O)OC(C)(C)C. The number of amides is 2. The number of hydrogen-bond donors (Lipinski definition) is 2. The molecule has 1 rings (SSSR count). The van der Waals surface area contributed by atoms with Crippen molar-refractivity contribution in [2.75, 3.05) is 0 Å². The standard InChI is InChI=1S/C24H42N2O5Si/c1-17(25-21(27)29-16-19-14-12-11-13-15-19)20(31-32(9,10)24(6,7)8)18(2)26-22(28)30-23(3,4)5/h11-15,17-18,20H,16H2,1-10H3,(H,25,27)(H,26,28)/t17-,18-,20+/m1/s1. The fraction of sp³-hybridized carbons (Fsp3) is 0.667. The zero-order chi connectivity index (χ0) is 24.7. The smallest absolute Gasteiger partial charge is 0.407 e. The van der Waals surface area contributed by atoms with Crippen LogP contribution >= 0.6 is 0 Å². The highest BCUT2D eigenvalue weighted by Gasteiger charge is 2.42. The molecule has 0 unspecified atom stereocenters. The summed E-state index contributed by atoms with van der Waals surface area (Å²) < 4.78 is 17.4. The van der Waals surface area contributed by atoms with E-state index in [2.05, 4.69) is 44.5 Å². The van der Waals surface area contributed by atoms with Gasteiger partial charge < -0.3 is 24.5 Å². The van der Waals surface area contributed by atoms with Crippen LogP contribution in [0.2, 0.25) is 18.1 Å². The van der Waals surface area contributed by atoms with E-state index in [1.807, 2.05) is 65.0 Å². The van der Waals surface area contributed by atoms with E-state index in [1.165, 1.54) is 0 Å². The fourth-order valence-corrected chi connectivity index (χ4v) is 4.20. The normalized spacial score (nSPS) is 15.3. The van der Waals surface area contributed by atoms with Gasteiger partial charge in [0.1, 0.15) is 12.2 Å². The van der Waals surface area contributed by atoms with Crippen LogP contribution in [-0.4, -0.2) is 44.3 Å². The van der Waals surface area contributed by atoms with Crippen LogP contribution in [0.3, 0.4) is 0 Å². The van der Waals surface area contributed by atoms with Gasteiger partial charge in [-0.25, -0.2) is 9.59 Å². The van der Waals surface area contributed by atoms with E-state index in [4.69, 9.17) is 13.9 Å². The third kappa shape index (κ3) is 9.61. The van der Waals surface area contributed by atoms with Crippen molar-refractivity contribution >= 4 is 20.5 Å². The number of carbonyl (C=O) groups excluding carboxylic acids is 2. The Bertz CT molecular complexity index is 741. The summed E-state index contributed by atoms with van der Waals surface area (Å²) in [5.41, 5.74) is 0.300. The van der Waals surface area contributed by atoms with Crippen LogP contribution < -0.4 is 10.6 Å². The molecule has 3 atom stereocenters. The number of hydrogen-bond acceptors (Lipinski definition) is 5. The molecule has 0 radical (unpaired) electrons. The molecule has 1 aromatic rings. The molecule has 0 spiro atoms. The van der Waals surface area contributed by atoms with Gasteiger partial charge >= 0.3 is 12.2 Å². The van der Waals surface area contributed by atoms with Gasteiger partial charge in [0.25, 0.3) is 0 Å². The summed E-state index contributed by atoms with van der Waals surface area (Å²) in [6.45, 7) is 20.1. The van der Waals surface area contributed by atoms with Crippen molar-refractivity contribution in [1.82, 2.24) is 10.6 Å². The molecule has 0 aliphatic rings. The van der Waals surface area contributed by atoms with Crippen LogP contribution in [0.25, 0.3) is 0 Å². The number of nitrogens with one attached hydrogen (secondary N) is 2. The number of alkyl carbamates (subject to hydrolysis) is 2. The maximum Gasteiger partial charge on any atom is 0.407 e. The average Bonchev–Trinajstić information content (AvgIpc) is 2.62. The third-order valence-corrected chi connectivity index (χ3v) is 10.00. The highest BCUT2D eigenvalue weighted by atomic mass is 28.4. The molecule has 0 heterocycles. The molecule has 0 aliphatic heterocycles. The van der Waals surface area contributed by atoms with Gasteiger partial charge in [0.2, 0.25) is 0 Å². The Kier molecular flexibility index (Phi) is 9.78. The van der Waals surface area contributed by atoms with E-state index < -0.39 is 44.3 Å². The quantitative estimate of drug-likeness (QED) is 0.487. The molecule has 1 aromatic carbocycles. The summed E-state index contributed by atoms with van der Waals surface area (Å²) in [5.74, 6) is 0. The van der Waals surface area contributed by atoms with Crippen molar-refractivity contribution in [1.29, 1.82) is 0 Å². The second-order valence-corrected chi connectivity index (χ2v) is 15.5. The molecule has 2 N–H and O–H groups in total. The van der Waals surface area contributed by atoms with Gasteiger partial charge in [0.05, 0.1) is 18.2 Å². The average molecular weight is 467 g/mol. The summed E-state index contributed by atoms with van der Waals surface area (Å²) in [7, 11) is -2.20. The summed E-state index contributed by atoms with van der Waals surface area (Å²) >= 11 is 0. The van der Waals surface area contributed by atoms with Crippen LogP contribution in [0.4, 0.5) is 9.59 Å². The second kappa shape index (κ2) is 11.2. The summed E-state index contributed by atoms with van der Waals surface area (Å²) in [4.78, 5) is 24.8. The van der Waals surface area contributed by atoms with Crippen molar-refractivity contribution in [3.8, 4) is 0 Å². The first-order chi connectivity index (χ1) is 14.5. The van der Waals surface area contributed by atoms with Gasteiger partial charge in [-0.1, -0.05) is 51.1 Å². The molecule has 0 aromatic heterocycles. The zero-order valence-corrected chi connectivity index (χ0v) is 22.4. The fourth-order valence-electron chi connectivity index (χ4n) is 2.76. The highest BCUT2D eigenvalue weighted by molar-refractivity contribution is 6.74. The molecule has 0 aliphatic carbocycles. The number of rotatable bonds is 8. The minimum absolute atomic E-state index is 0.0373. The van der Waals surface area contributed by atoms with Crippen LogP contribution in [0.5, 0.6) is 0 Å². The Morgan fingerprint density at radius 1 is 0.906 bits per heavy atom. The summed E-state index contributed by atoms with van der Waals surface area (Å²) in [6.07, 6.45) is -1.52. The zero-order valence-electron chi connectivity index (χ0n) is 21.4. The maximum atomic E-state index is 12.4. The predicted octanol–water partition coefficient (Wildman–Crippen LogP) is 5.60. The lowest BCUT2D eigenvalue weighted by Gasteiger charge is -2.42. The molecular weight excluding hydrogens is 424 g/mol. The van der Waals surface area contributed by atoms with Crippen LogP contribution in [-0.2, 0) is 20.5 Å². The Labute approximate surface area is 194 Å². The minimum Gasteiger partial charge on any atom is -0.445 e. The maximum absolute atomic E-state index is 12.4. The monoisotopic (exact) mass is 466 g/mol. The first-order valence-electron chi connectivity index (χ1n) is 11.2. The van der Waals surface area contributed by atoms with Crippen molar-refractivity contribution in [3.05, 3.63) is 35.9 Å². The molecule has 2 amide bonds. The molecule has 8 heteroatoms. The summed E-state index contributed by atoms with van der Waals surface area (Å²) in [5, 5.41) is 5.70. The Morgan fingerprint density at radius 3 is 1.88 bits per heavy atom. The van der Waals surface area contributed by atoms with Gasteiger partial charge in [-0.3, -0.25) is 0 Å². The van der Waals surface area contributed by atoms with Gasteiger partial charge in [0, 0.05) is 0 Å². The minimum atomic E-state index is -2.20. The van der Waals surface area contributed by atoms with Crippen LogP contribution in [0, 0.1) is 0 Å². The van der Waals surface area contributed by atoms with E-state index in [0.717, 1.165) is 5.56 Å².